The Hall–Kier alpha value is -3.32. The monoisotopic (exact) mass is 417 g/mol. The summed E-state index contributed by atoms with van der Waals surface area (Å²) >= 11 is 0. The van der Waals surface area contributed by atoms with Crippen LogP contribution in [0.1, 0.15) is 41.9 Å². The molecule has 0 unspecified atom stereocenters. The first-order chi connectivity index (χ1) is 15.0. The van der Waals surface area contributed by atoms with E-state index in [1.807, 2.05) is 24.4 Å². The van der Waals surface area contributed by atoms with Gasteiger partial charge >= 0.3 is 0 Å². The molecule has 0 saturated carbocycles. The SMILES string of the molecule is COCCNC(=O)c1ccc(Nc2nccc(-c3cnc4c(c3)C(C)(C)CC4)n2)cc1. The molecule has 7 nitrogen and oxygen atoms in total. The molecule has 160 valence electrons. The second-order valence-electron chi connectivity index (χ2n) is 8.32. The van der Waals surface area contributed by atoms with Crippen molar-refractivity contribution in [3.8, 4) is 11.3 Å². The van der Waals surface area contributed by atoms with Crippen LogP contribution in [0.4, 0.5) is 11.6 Å². The lowest BCUT2D eigenvalue weighted by atomic mass is 9.86. The van der Waals surface area contributed by atoms with Gasteiger partial charge in [-0.1, -0.05) is 13.8 Å². The summed E-state index contributed by atoms with van der Waals surface area (Å²) in [7, 11) is 1.60. The van der Waals surface area contributed by atoms with Crippen LogP contribution in [0.5, 0.6) is 0 Å². The van der Waals surface area contributed by atoms with Gasteiger partial charge in [-0.3, -0.25) is 9.78 Å². The number of amides is 1. The number of anilines is 2. The lowest BCUT2D eigenvalue weighted by molar-refractivity contribution is 0.0937. The number of ether oxygens (including phenoxy) is 1. The molecule has 4 rings (SSSR count). The van der Waals surface area contributed by atoms with Crippen LogP contribution >= 0.6 is 0 Å². The maximum absolute atomic E-state index is 12.1. The van der Waals surface area contributed by atoms with Crippen molar-refractivity contribution >= 4 is 17.5 Å². The molecule has 0 bridgehead atoms. The molecular formula is C24H27N5O2. The van der Waals surface area contributed by atoms with E-state index in [9.17, 15) is 4.79 Å². The quantitative estimate of drug-likeness (QED) is 0.567. The highest BCUT2D eigenvalue weighted by Crippen LogP contribution is 2.38. The second-order valence-corrected chi connectivity index (χ2v) is 8.32. The van der Waals surface area contributed by atoms with Crippen LogP contribution in [0.2, 0.25) is 0 Å². The number of methoxy groups -OCH3 is 1. The van der Waals surface area contributed by atoms with E-state index in [1.54, 1.807) is 25.4 Å². The maximum atomic E-state index is 12.1. The summed E-state index contributed by atoms with van der Waals surface area (Å²) in [6, 6.07) is 11.3. The van der Waals surface area contributed by atoms with Crippen LogP contribution in [0, 0.1) is 0 Å². The van der Waals surface area contributed by atoms with Crippen molar-refractivity contribution < 1.29 is 9.53 Å². The van der Waals surface area contributed by atoms with Gasteiger partial charge in [0.25, 0.3) is 5.91 Å². The van der Waals surface area contributed by atoms with Crippen molar-refractivity contribution in [3.05, 3.63) is 65.6 Å². The third kappa shape index (κ3) is 4.72. The van der Waals surface area contributed by atoms with E-state index in [4.69, 9.17) is 4.74 Å². The van der Waals surface area contributed by atoms with Gasteiger partial charge in [0.15, 0.2) is 0 Å². The molecule has 2 aromatic heterocycles. The number of hydrogen-bond acceptors (Lipinski definition) is 6. The highest BCUT2D eigenvalue weighted by molar-refractivity contribution is 5.94. The van der Waals surface area contributed by atoms with Crippen LogP contribution in [0.25, 0.3) is 11.3 Å². The van der Waals surface area contributed by atoms with E-state index >= 15 is 0 Å². The Morgan fingerprint density at radius 1 is 1.16 bits per heavy atom. The van der Waals surface area contributed by atoms with E-state index in [1.165, 1.54) is 11.3 Å². The fourth-order valence-electron chi connectivity index (χ4n) is 3.77. The Morgan fingerprint density at radius 3 is 2.74 bits per heavy atom. The van der Waals surface area contributed by atoms with Crippen LogP contribution in [-0.2, 0) is 16.6 Å². The van der Waals surface area contributed by atoms with E-state index in [0.717, 1.165) is 29.8 Å². The first kappa shape index (κ1) is 20.9. The molecule has 2 heterocycles. The summed E-state index contributed by atoms with van der Waals surface area (Å²) in [4.78, 5) is 25.8. The molecular weight excluding hydrogens is 390 g/mol. The number of rotatable bonds is 7. The summed E-state index contributed by atoms with van der Waals surface area (Å²) in [6.07, 6.45) is 5.78. The number of carbonyl (C=O) groups is 1. The minimum absolute atomic E-state index is 0.131. The molecule has 31 heavy (non-hydrogen) atoms. The van der Waals surface area contributed by atoms with Gasteiger partial charge < -0.3 is 15.4 Å². The Labute approximate surface area is 182 Å². The van der Waals surface area contributed by atoms with Crippen LogP contribution in [0.3, 0.4) is 0 Å². The first-order valence-electron chi connectivity index (χ1n) is 10.4. The Balaban J connectivity index is 1.48. The molecule has 7 heteroatoms. The smallest absolute Gasteiger partial charge is 0.251 e. The lowest BCUT2D eigenvalue weighted by Gasteiger charge is -2.19. The predicted octanol–water partition coefficient (Wildman–Crippen LogP) is 3.88. The number of nitrogens with zero attached hydrogens (tertiary/aromatic N) is 3. The zero-order chi connectivity index (χ0) is 21.8. The molecule has 1 aliphatic rings. The largest absolute Gasteiger partial charge is 0.383 e. The van der Waals surface area contributed by atoms with Gasteiger partial charge in [0.05, 0.1) is 12.3 Å². The molecule has 2 N–H and O–H groups in total. The van der Waals surface area contributed by atoms with Crippen LogP contribution < -0.4 is 10.6 Å². The molecule has 0 fully saturated rings. The van der Waals surface area contributed by atoms with Gasteiger partial charge in [-0.25, -0.2) is 9.97 Å². The molecule has 0 spiro atoms. The predicted molar refractivity (Wildman–Crippen MR) is 121 cm³/mol. The van der Waals surface area contributed by atoms with Crippen molar-refractivity contribution in [1.29, 1.82) is 0 Å². The lowest BCUT2D eigenvalue weighted by Crippen LogP contribution is -2.26. The topological polar surface area (TPSA) is 89.0 Å². The van der Waals surface area contributed by atoms with Gasteiger partial charge in [0, 0.05) is 48.6 Å². The zero-order valence-corrected chi connectivity index (χ0v) is 18.1. The number of benzene rings is 1. The molecule has 1 aliphatic carbocycles. The van der Waals surface area contributed by atoms with Gasteiger partial charge in [-0.15, -0.1) is 0 Å². The highest BCUT2D eigenvalue weighted by atomic mass is 16.5. The number of nitrogens with one attached hydrogen (secondary N) is 2. The minimum atomic E-state index is -0.131. The van der Waals surface area contributed by atoms with Crippen molar-refractivity contribution in [2.45, 2.75) is 32.1 Å². The van der Waals surface area contributed by atoms with E-state index in [0.29, 0.717) is 24.7 Å². The van der Waals surface area contributed by atoms with Gasteiger partial charge in [0.1, 0.15) is 0 Å². The van der Waals surface area contributed by atoms with Crippen LogP contribution in [-0.4, -0.2) is 41.1 Å². The standard InChI is InChI=1S/C24H27N5O2/c1-24(2)10-8-21-19(24)14-17(15-27-21)20-9-11-26-23(29-20)28-18-6-4-16(5-7-18)22(30)25-12-13-31-3/h4-7,9,11,14-15H,8,10,12-13H2,1-3H3,(H,25,30)(H,26,28,29). The Bertz CT molecular complexity index is 1080. The van der Waals surface area contributed by atoms with Crippen molar-refractivity contribution in [2.75, 3.05) is 25.6 Å². The van der Waals surface area contributed by atoms with Gasteiger partial charge in [-0.05, 0) is 60.2 Å². The summed E-state index contributed by atoms with van der Waals surface area (Å²) in [5, 5.41) is 6.01. The second kappa shape index (κ2) is 8.81. The minimum Gasteiger partial charge on any atom is -0.383 e. The number of pyridine rings is 1. The van der Waals surface area contributed by atoms with E-state index < -0.39 is 0 Å². The normalized spacial score (nSPS) is 14.2. The van der Waals surface area contributed by atoms with Crippen molar-refractivity contribution in [1.82, 2.24) is 20.3 Å². The molecule has 1 aromatic carbocycles. The zero-order valence-electron chi connectivity index (χ0n) is 18.1. The summed E-state index contributed by atoms with van der Waals surface area (Å²) < 4.78 is 4.94. The number of aromatic nitrogens is 3. The third-order valence-electron chi connectivity index (χ3n) is 5.63. The molecule has 3 aromatic rings. The third-order valence-corrected chi connectivity index (χ3v) is 5.63. The van der Waals surface area contributed by atoms with E-state index in [-0.39, 0.29) is 11.3 Å². The molecule has 0 saturated heterocycles. The fourth-order valence-corrected chi connectivity index (χ4v) is 3.77. The molecule has 1 amide bonds. The number of carbonyl (C=O) groups excluding carboxylic acids is 1. The average Bonchev–Trinajstić information content (AvgIpc) is 3.08. The summed E-state index contributed by atoms with van der Waals surface area (Å²) in [5.41, 5.74) is 5.84. The average molecular weight is 418 g/mol. The highest BCUT2D eigenvalue weighted by Gasteiger charge is 2.31. The Kier molecular flexibility index (Phi) is 5.95. The molecule has 0 aliphatic heterocycles. The molecule has 0 radical (unpaired) electrons. The number of hydrogen-bond donors (Lipinski definition) is 2. The van der Waals surface area contributed by atoms with E-state index in [2.05, 4.69) is 45.5 Å². The Morgan fingerprint density at radius 2 is 1.97 bits per heavy atom. The van der Waals surface area contributed by atoms with Crippen LogP contribution in [0.15, 0.2) is 48.8 Å². The first-order valence-corrected chi connectivity index (χ1v) is 10.4. The van der Waals surface area contributed by atoms with Gasteiger partial charge in [-0.2, -0.15) is 0 Å². The fraction of sp³-hybridized carbons (Fsp3) is 0.333. The summed E-state index contributed by atoms with van der Waals surface area (Å²) in [6.45, 7) is 5.48. The number of fused-ring (bicyclic) bond motifs is 1. The number of aryl methyl sites for hydroxylation is 1. The van der Waals surface area contributed by atoms with Crippen molar-refractivity contribution in [3.63, 3.8) is 0 Å². The molecule has 0 atom stereocenters. The van der Waals surface area contributed by atoms with Gasteiger partial charge in [0.2, 0.25) is 5.95 Å². The maximum Gasteiger partial charge on any atom is 0.251 e. The summed E-state index contributed by atoms with van der Waals surface area (Å²) in [5.74, 6) is 0.364. The van der Waals surface area contributed by atoms with Crippen molar-refractivity contribution in [2.24, 2.45) is 0 Å².